The normalized spacial score (nSPS) is 13.7. The number of hydrogen-bond donors (Lipinski definition) is 1. The Balaban J connectivity index is 1.88. The van der Waals surface area contributed by atoms with Crippen molar-refractivity contribution in [1.29, 1.82) is 0 Å². The monoisotopic (exact) mass is 308 g/mol. The lowest BCUT2D eigenvalue weighted by Gasteiger charge is -2.24. The van der Waals surface area contributed by atoms with Gasteiger partial charge in [-0.2, -0.15) is 0 Å². The van der Waals surface area contributed by atoms with Gasteiger partial charge in [-0.3, -0.25) is 0 Å². The number of anilines is 2. The van der Waals surface area contributed by atoms with E-state index in [1.165, 1.54) is 7.11 Å². The second kappa shape index (κ2) is 6.57. The molecule has 0 amide bonds. The summed E-state index contributed by atoms with van der Waals surface area (Å²) in [5.41, 5.74) is 3.47. The summed E-state index contributed by atoms with van der Waals surface area (Å²) >= 11 is 0. The third-order valence-electron chi connectivity index (χ3n) is 3.89. The zero-order chi connectivity index (χ0) is 16.2. The Hall–Kier alpha value is -2.75. The molecule has 118 valence electrons. The lowest BCUT2D eigenvalue weighted by Crippen LogP contribution is -2.24. The fraction of sp³-hybridized carbons (Fsp3) is 0.211. The van der Waals surface area contributed by atoms with Crippen molar-refractivity contribution in [1.82, 2.24) is 0 Å². The number of rotatable bonds is 4. The van der Waals surface area contributed by atoms with Gasteiger partial charge in [-0.05, 0) is 43.7 Å². The number of ether oxygens (including phenoxy) is 1. The van der Waals surface area contributed by atoms with Crippen LogP contribution in [0, 0.1) is 6.92 Å². The van der Waals surface area contributed by atoms with Gasteiger partial charge in [0, 0.05) is 12.2 Å². The molecule has 0 atom stereocenters. The lowest BCUT2D eigenvalue weighted by molar-refractivity contribution is 0.0602. The minimum atomic E-state index is -0.332. The first-order valence-electron chi connectivity index (χ1n) is 7.68. The zero-order valence-electron chi connectivity index (χ0n) is 13.4. The predicted octanol–water partition coefficient (Wildman–Crippen LogP) is 3.95. The Bertz CT molecular complexity index is 738. The van der Waals surface area contributed by atoms with E-state index >= 15 is 0 Å². The smallest absolute Gasteiger partial charge is 0.339 e. The maximum atomic E-state index is 12.0. The van der Waals surface area contributed by atoms with E-state index in [-0.39, 0.29) is 5.97 Å². The van der Waals surface area contributed by atoms with Crippen molar-refractivity contribution >= 4 is 17.3 Å². The molecule has 4 nitrogen and oxygen atoms in total. The van der Waals surface area contributed by atoms with E-state index in [2.05, 4.69) is 28.4 Å². The quantitative estimate of drug-likeness (QED) is 0.869. The molecule has 0 spiro atoms. The highest BCUT2D eigenvalue weighted by Crippen LogP contribution is 2.27. The van der Waals surface area contributed by atoms with Crippen molar-refractivity contribution in [2.24, 2.45) is 0 Å². The average Bonchev–Trinajstić information content (AvgIpc) is 3.04. The van der Waals surface area contributed by atoms with Crippen molar-refractivity contribution in [2.75, 3.05) is 23.9 Å². The third kappa shape index (κ3) is 3.21. The summed E-state index contributed by atoms with van der Waals surface area (Å²) in [5.74, 6) is 0.659. The molecular formula is C19H20N2O2. The Morgan fingerprint density at radius 2 is 1.96 bits per heavy atom. The molecule has 0 fully saturated rings. The molecule has 0 aliphatic carbocycles. The van der Waals surface area contributed by atoms with E-state index in [0.29, 0.717) is 5.56 Å². The minimum Gasteiger partial charge on any atom is -0.465 e. The molecular weight excluding hydrogens is 288 g/mol. The van der Waals surface area contributed by atoms with Crippen LogP contribution in [0.3, 0.4) is 0 Å². The van der Waals surface area contributed by atoms with Crippen LogP contribution in [0.1, 0.15) is 22.3 Å². The van der Waals surface area contributed by atoms with Crippen LogP contribution in [0.4, 0.5) is 11.4 Å². The number of carbonyl (C=O) groups excluding carboxylic acids is 1. The highest BCUT2D eigenvalue weighted by Gasteiger charge is 2.19. The number of para-hydroxylation sites is 1. The number of nitrogens with one attached hydrogen (secondary N) is 1. The molecule has 1 aliphatic rings. The first-order valence-corrected chi connectivity index (χ1v) is 7.68. The molecule has 1 aliphatic heterocycles. The Morgan fingerprint density at radius 3 is 2.70 bits per heavy atom. The van der Waals surface area contributed by atoms with Gasteiger partial charge >= 0.3 is 5.97 Å². The second-order valence-corrected chi connectivity index (χ2v) is 5.53. The molecule has 0 bridgehead atoms. The van der Waals surface area contributed by atoms with Crippen LogP contribution in [-0.4, -0.2) is 19.6 Å². The highest BCUT2D eigenvalue weighted by molar-refractivity contribution is 5.96. The van der Waals surface area contributed by atoms with Gasteiger partial charge in [-0.1, -0.05) is 29.8 Å². The molecule has 3 rings (SSSR count). The van der Waals surface area contributed by atoms with E-state index in [4.69, 9.17) is 4.74 Å². The summed E-state index contributed by atoms with van der Waals surface area (Å²) in [6.45, 7) is 2.88. The van der Waals surface area contributed by atoms with Gasteiger partial charge in [0.05, 0.1) is 18.4 Å². The summed E-state index contributed by atoms with van der Waals surface area (Å²) in [7, 11) is 1.40. The molecule has 1 heterocycles. The fourth-order valence-corrected chi connectivity index (χ4v) is 2.74. The van der Waals surface area contributed by atoms with Crippen molar-refractivity contribution in [3.63, 3.8) is 0 Å². The van der Waals surface area contributed by atoms with Crippen molar-refractivity contribution < 1.29 is 9.53 Å². The maximum Gasteiger partial charge on any atom is 0.339 e. The largest absolute Gasteiger partial charge is 0.465 e. The van der Waals surface area contributed by atoms with Crippen LogP contribution in [0.5, 0.6) is 0 Å². The van der Waals surface area contributed by atoms with Gasteiger partial charge in [0.25, 0.3) is 0 Å². The van der Waals surface area contributed by atoms with Gasteiger partial charge in [0.1, 0.15) is 5.82 Å². The van der Waals surface area contributed by atoms with E-state index in [0.717, 1.165) is 35.7 Å². The Kier molecular flexibility index (Phi) is 4.33. The third-order valence-corrected chi connectivity index (χ3v) is 3.89. The van der Waals surface area contributed by atoms with Crippen LogP contribution < -0.4 is 10.2 Å². The molecule has 0 radical (unpaired) electrons. The first kappa shape index (κ1) is 15.2. The van der Waals surface area contributed by atoms with Crippen LogP contribution in [0.15, 0.2) is 60.4 Å². The van der Waals surface area contributed by atoms with Crippen molar-refractivity contribution in [3.05, 3.63) is 71.6 Å². The number of hydrogen-bond acceptors (Lipinski definition) is 4. The van der Waals surface area contributed by atoms with Crippen LogP contribution in [0.25, 0.3) is 0 Å². The number of aryl methyl sites for hydroxylation is 1. The maximum absolute atomic E-state index is 12.0. The molecule has 0 aromatic heterocycles. The minimum absolute atomic E-state index is 0.332. The summed E-state index contributed by atoms with van der Waals surface area (Å²) in [6.07, 6.45) is 3.12. The van der Waals surface area contributed by atoms with E-state index in [1.807, 2.05) is 43.3 Å². The molecule has 23 heavy (non-hydrogen) atoms. The molecule has 2 aromatic carbocycles. The van der Waals surface area contributed by atoms with E-state index in [1.54, 1.807) is 0 Å². The molecule has 0 saturated carbocycles. The highest BCUT2D eigenvalue weighted by atomic mass is 16.5. The molecule has 0 saturated heterocycles. The number of benzene rings is 2. The SMILES string of the molecule is COC(=O)c1cc(C)ccc1NC1=CCCN1c1ccccc1. The fourth-order valence-electron chi connectivity index (χ4n) is 2.74. The van der Waals surface area contributed by atoms with Crippen LogP contribution in [-0.2, 0) is 4.74 Å². The van der Waals surface area contributed by atoms with Gasteiger partial charge in [0.2, 0.25) is 0 Å². The number of esters is 1. The van der Waals surface area contributed by atoms with Crippen molar-refractivity contribution in [3.8, 4) is 0 Å². The van der Waals surface area contributed by atoms with Gasteiger partial charge in [-0.15, -0.1) is 0 Å². The van der Waals surface area contributed by atoms with Gasteiger partial charge in [0.15, 0.2) is 0 Å². The second-order valence-electron chi connectivity index (χ2n) is 5.53. The summed E-state index contributed by atoms with van der Waals surface area (Å²) in [5, 5.41) is 3.39. The Morgan fingerprint density at radius 1 is 1.17 bits per heavy atom. The van der Waals surface area contributed by atoms with E-state index < -0.39 is 0 Å². The number of carbonyl (C=O) groups is 1. The number of nitrogens with zero attached hydrogens (tertiary/aromatic N) is 1. The predicted molar refractivity (Wildman–Crippen MR) is 92.6 cm³/mol. The topological polar surface area (TPSA) is 41.6 Å². The van der Waals surface area contributed by atoms with Crippen LogP contribution in [0.2, 0.25) is 0 Å². The molecule has 1 N–H and O–H groups in total. The van der Waals surface area contributed by atoms with Gasteiger partial charge in [-0.25, -0.2) is 4.79 Å². The lowest BCUT2D eigenvalue weighted by atomic mass is 10.1. The molecule has 0 unspecified atom stereocenters. The molecule has 2 aromatic rings. The van der Waals surface area contributed by atoms with Crippen LogP contribution >= 0.6 is 0 Å². The Labute approximate surface area is 136 Å². The summed E-state index contributed by atoms with van der Waals surface area (Å²) in [6, 6.07) is 16.0. The first-order chi connectivity index (χ1) is 11.2. The standard InChI is InChI=1S/C19H20N2O2/c1-14-10-11-17(16(13-14)19(22)23-2)20-18-9-6-12-21(18)15-7-4-3-5-8-15/h3-5,7-11,13,20H,6,12H2,1-2H3. The van der Waals surface area contributed by atoms with E-state index in [9.17, 15) is 4.79 Å². The summed E-state index contributed by atoms with van der Waals surface area (Å²) in [4.78, 5) is 14.2. The zero-order valence-corrected chi connectivity index (χ0v) is 13.4. The van der Waals surface area contributed by atoms with Crippen molar-refractivity contribution in [2.45, 2.75) is 13.3 Å². The number of methoxy groups -OCH3 is 1. The average molecular weight is 308 g/mol. The summed E-state index contributed by atoms with van der Waals surface area (Å²) < 4.78 is 4.90. The van der Waals surface area contributed by atoms with Gasteiger partial charge < -0.3 is 15.0 Å². The molecule has 4 heteroatoms.